The topological polar surface area (TPSA) is 12.9 Å². The third-order valence-electron chi connectivity index (χ3n) is 5.39. The molecule has 1 aromatic heterocycles. The number of benzene rings is 3. The molecule has 25 heavy (non-hydrogen) atoms. The zero-order chi connectivity index (χ0) is 16.8. The Morgan fingerprint density at radius 2 is 1.56 bits per heavy atom. The van der Waals surface area contributed by atoms with Gasteiger partial charge in [-0.25, -0.2) is 0 Å². The summed E-state index contributed by atoms with van der Waals surface area (Å²) in [6.07, 6.45) is 8.83. The minimum atomic E-state index is 1.02. The van der Waals surface area contributed by atoms with Gasteiger partial charge in [-0.1, -0.05) is 36.4 Å². The maximum Gasteiger partial charge on any atom is 0.0410 e. The van der Waals surface area contributed by atoms with Gasteiger partial charge in [0.05, 0.1) is 0 Å². The molecule has 0 aliphatic heterocycles. The zero-order valence-electron chi connectivity index (χ0n) is 13.9. The first kappa shape index (κ1) is 15.1. The predicted molar refractivity (Wildman–Crippen MR) is 109 cm³/mol. The summed E-state index contributed by atoms with van der Waals surface area (Å²) in [7, 11) is 0. The van der Waals surface area contributed by atoms with Crippen molar-refractivity contribution in [3.63, 3.8) is 0 Å². The molecule has 1 aliphatic rings. The zero-order valence-corrected chi connectivity index (χ0v) is 15.5. The summed E-state index contributed by atoms with van der Waals surface area (Å²) < 4.78 is 1.02. The largest absolute Gasteiger partial charge is 0.263 e. The normalized spacial score (nSPS) is 14.0. The summed E-state index contributed by atoms with van der Waals surface area (Å²) in [5.74, 6) is 0. The van der Waals surface area contributed by atoms with Crippen LogP contribution in [0, 0.1) is 0 Å². The van der Waals surface area contributed by atoms with Gasteiger partial charge in [0.15, 0.2) is 0 Å². The Bertz CT molecular complexity index is 1110. The van der Waals surface area contributed by atoms with E-state index in [1.807, 2.05) is 12.4 Å². The summed E-state index contributed by atoms with van der Waals surface area (Å²) in [6, 6.07) is 18.0. The number of pyridine rings is 1. The van der Waals surface area contributed by atoms with Crippen molar-refractivity contribution >= 4 is 37.5 Å². The lowest BCUT2D eigenvalue weighted by Gasteiger charge is -2.20. The fraction of sp³-hybridized carbons (Fsp3) is 0.174. The molecule has 1 nitrogen and oxygen atoms in total. The second kappa shape index (κ2) is 5.96. The molecule has 3 aromatic carbocycles. The molecule has 1 aliphatic carbocycles. The van der Waals surface area contributed by atoms with E-state index in [4.69, 9.17) is 0 Å². The van der Waals surface area contributed by atoms with Crippen LogP contribution in [0.1, 0.15) is 24.0 Å². The van der Waals surface area contributed by atoms with Gasteiger partial charge in [-0.05, 0) is 92.0 Å². The van der Waals surface area contributed by atoms with Crippen LogP contribution < -0.4 is 0 Å². The first-order valence-corrected chi connectivity index (χ1v) is 9.68. The SMILES string of the molecule is Brc1cncc(-c2cc3c4c(ccc3c3ccccc23)CCCC4)c1. The molecule has 5 rings (SSSR count). The summed E-state index contributed by atoms with van der Waals surface area (Å²) in [5.41, 5.74) is 5.53. The Morgan fingerprint density at radius 3 is 2.44 bits per heavy atom. The lowest BCUT2D eigenvalue weighted by molar-refractivity contribution is 0.690. The quantitative estimate of drug-likeness (QED) is 0.331. The molecule has 0 atom stereocenters. The smallest absolute Gasteiger partial charge is 0.0410 e. The molecule has 122 valence electrons. The first-order valence-electron chi connectivity index (χ1n) is 8.88. The average molecular weight is 388 g/mol. The molecular weight excluding hydrogens is 370 g/mol. The van der Waals surface area contributed by atoms with Crippen molar-refractivity contribution in [2.24, 2.45) is 0 Å². The number of rotatable bonds is 1. The molecule has 0 radical (unpaired) electrons. The molecule has 0 saturated carbocycles. The first-order chi connectivity index (χ1) is 12.3. The molecule has 1 heterocycles. The van der Waals surface area contributed by atoms with Crippen LogP contribution in [-0.2, 0) is 12.8 Å². The Hall–Kier alpha value is -2.19. The predicted octanol–water partition coefficient (Wildman–Crippen LogP) is 6.70. The summed E-state index contributed by atoms with van der Waals surface area (Å²) in [4.78, 5) is 4.39. The van der Waals surface area contributed by atoms with Gasteiger partial charge in [-0.15, -0.1) is 0 Å². The molecule has 0 N–H and O–H groups in total. The highest BCUT2D eigenvalue weighted by molar-refractivity contribution is 9.10. The minimum Gasteiger partial charge on any atom is -0.263 e. The molecule has 0 amide bonds. The van der Waals surface area contributed by atoms with Crippen LogP contribution in [0.4, 0.5) is 0 Å². The van der Waals surface area contributed by atoms with Crippen LogP contribution in [0.5, 0.6) is 0 Å². The molecular formula is C23H18BrN. The third kappa shape index (κ3) is 2.47. The van der Waals surface area contributed by atoms with Crippen molar-refractivity contribution in [3.05, 3.63) is 76.5 Å². The lowest BCUT2D eigenvalue weighted by atomic mass is 9.84. The Labute approximate surface area is 155 Å². The second-order valence-electron chi connectivity index (χ2n) is 6.87. The van der Waals surface area contributed by atoms with Crippen molar-refractivity contribution in [2.45, 2.75) is 25.7 Å². The number of nitrogens with zero attached hydrogens (tertiary/aromatic N) is 1. The van der Waals surface area contributed by atoms with E-state index in [1.165, 1.54) is 63.9 Å². The highest BCUT2D eigenvalue weighted by atomic mass is 79.9. The minimum absolute atomic E-state index is 1.02. The monoisotopic (exact) mass is 387 g/mol. The Balaban J connectivity index is 1.92. The molecule has 4 aromatic rings. The second-order valence-corrected chi connectivity index (χ2v) is 7.78. The van der Waals surface area contributed by atoms with Crippen molar-refractivity contribution in [2.75, 3.05) is 0 Å². The van der Waals surface area contributed by atoms with Crippen LogP contribution >= 0.6 is 15.9 Å². The number of hydrogen-bond acceptors (Lipinski definition) is 1. The molecule has 0 saturated heterocycles. The van der Waals surface area contributed by atoms with Gasteiger partial charge in [0.1, 0.15) is 0 Å². The fourth-order valence-corrected chi connectivity index (χ4v) is 4.59. The number of aromatic nitrogens is 1. The highest BCUT2D eigenvalue weighted by Crippen LogP contribution is 2.39. The van der Waals surface area contributed by atoms with Gasteiger partial charge in [0, 0.05) is 22.4 Å². The number of halogens is 1. The Kier molecular flexibility index (Phi) is 3.60. The van der Waals surface area contributed by atoms with Crippen molar-refractivity contribution in [3.8, 4) is 11.1 Å². The number of hydrogen-bond donors (Lipinski definition) is 0. The van der Waals surface area contributed by atoms with Gasteiger partial charge in [-0.2, -0.15) is 0 Å². The summed E-state index contributed by atoms with van der Waals surface area (Å²) in [5, 5.41) is 5.43. The van der Waals surface area contributed by atoms with E-state index < -0.39 is 0 Å². The summed E-state index contributed by atoms with van der Waals surface area (Å²) >= 11 is 3.57. The number of aryl methyl sites for hydroxylation is 2. The molecule has 2 heteroatoms. The average Bonchev–Trinajstić information content (AvgIpc) is 2.67. The number of fused-ring (bicyclic) bond motifs is 5. The van der Waals surface area contributed by atoms with Gasteiger partial charge >= 0.3 is 0 Å². The van der Waals surface area contributed by atoms with Gasteiger partial charge < -0.3 is 0 Å². The van der Waals surface area contributed by atoms with Crippen LogP contribution in [0.2, 0.25) is 0 Å². The van der Waals surface area contributed by atoms with Crippen molar-refractivity contribution in [1.82, 2.24) is 4.98 Å². The van der Waals surface area contributed by atoms with Crippen molar-refractivity contribution < 1.29 is 0 Å². The Morgan fingerprint density at radius 1 is 0.760 bits per heavy atom. The maximum absolute atomic E-state index is 4.39. The molecule has 0 unspecified atom stereocenters. The van der Waals surface area contributed by atoms with Crippen molar-refractivity contribution in [1.29, 1.82) is 0 Å². The standard InChI is InChI=1S/C23H18BrN/c24-17-11-16(13-25-14-17)22-12-23-18-6-2-1-5-15(18)9-10-21(23)19-7-3-4-8-20(19)22/h3-4,7-14H,1-2,5-6H2. The summed E-state index contributed by atoms with van der Waals surface area (Å²) in [6.45, 7) is 0. The van der Waals surface area contributed by atoms with E-state index in [0.29, 0.717) is 0 Å². The van der Waals surface area contributed by atoms with Crippen LogP contribution in [0.3, 0.4) is 0 Å². The lowest BCUT2D eigenvalue weighted by Crippen LogP contribution is -2.03. The maximum atomic E-state index is 4.39. The van der Waals surface area contributed by atoms with E-state index in [9.17, 15) is 0 Å². The highest BCUT2D eigenvalue weighted by Gasteiger charge is 2.16. The third-order valence-corrected chi connectivity index (χ3v) is 5.82. The van der Waals surface area contributed by atoms with E-state index >= 15 is 0 Å². The van der Waals surface area contributed by atoms with E-state index in [1.54, 1.807) is 5.56 Å². The van der Waals surface area contributed by atoms with E-state index in [2.05, 4.69) is 69.4 Å². The van der Waals surface area contributed by atoms with Crippen LogP contribution in [0.25, 0.3) is 32.7 Å². The molecule has 0 spiro atoms. The van der Waals surface area contributed by atoms with Gasteiger partial charge in [-0.3, -0.25) is 4.98 Å². The van der Waals surface area contributed by atoms with Crippen LogP contribution in [-0.4, -0.2) is 4.98 Å². The van der Waals surface area contributed by atoms with Gasteiger partial charge in [0.25, 0.3) is 0 Å². The van der Waals surface area contributed by atoms with Gasteiger partial charge in [0.2, 0.25) is 0 Å². The molecule has 0 fully saturated rings. The van der Waals surface area contributed by atoms with Crippen LogP contribution in [0.15, 0.2) is 65.4 Å². The van der Waals surface area contributed by atoms with E-state index in [0.717, 1.165) is 4.47 Å². The fourth-order valence-electron chi connectivity index (χ4n) is 4.23. The van der Waals surface area contributed by atoms with E-state index in [-0.39, 0.29) is 0 Å². The molecule has 0 bridgehead atoms.